The first-order valence-electron chi connectivity index (χ1n) is 6.86. The van der Waals surface area contributed by atoms with Crippen molar-refractivity contribution < 1.29 is 0 Å². The summed E-state index contributed by atoms with van der Waals surface area (Å²) in [5.74, 6) is 0. The molecule has 0 saturated carbocycles. The molecule has 0 unspecified atom stereocenters. The van der Waals surface area contributed by atoms with Crippen LogP contribution < -0.4 is 0 Å². The highest BCUT2D eigenvalue weighted by molar-refractivity contribution is 5.39. The SMILES string of the molecule is CCn1cnc(C2(CC)Cc3ccccc3C2)c1. The second-order valence-electron chi connectivity index (χ2n) is 5.35. The zero-order chi connectivity index (χ0) is 12.6. The van der Waals surface area contributed by atoms with Crippen molar-refractivity contribution in [3.8, 4) is 0 Å². The quantitative estimate of drug-likeness (QED) is 0.804. The van der Waals surface area contributed by atoms with E-state index in [0.29, 0.717) is 0 Å². The maximum atomic E-state index is 4.66. The van der Waals surface area contributed by atoms with Gasteiger partial charge in [-0.3, -0.25) is 0 Å². The lowest BCUT2D eigenvalue weighted by Crippen LogP contribution is -2.26. The van der Waals surface area contributed by atoms with E-state index in [-0.39, 0.29) is 5.41 Å². The van der Waals surface area contributed by atoms with Crippen molar-refractivity contribution >= 4 is 0 Å². The summed E-state index contributed by atoms with van der Waals surface area (Å²) in [6, 6.07) is 8.83. The summed E-state index contributed by atoms with van der Waals surface area (Å²) in [4.78, 5) is 4.66. The van der Waals surface area contributed by atoms with Crippen LogP contribution in [0.2, 0.25) is 0 Å². The first-order chi connectivity index (χ1) is 8.77. The standard InChI is InChI=1S/C16H20N2/c1-3-16(15-11-18(4-2)12-17-15)9-13-7-5-6-8-14(13)10-16/h5-8,11-12H,3-4,9-10H2,1-2H3. The summed E-state index contributed by atoms with van der Waals surface area (Å²) in [7, 11) is 0. The van der Waals surface area contributed by atoms with Crippen LogP contribution in [0, 0.1) is 0 Å². The van der Waals surface area contributed by atoms with Crippen molar-refractivity contribution in [3.63, 3.8) is 0 Å². The van der Waals surface area contributed by atoms with Crippen LogP contribution in [0.4, 0.5) is 0 Å². The summed E-state index contributed by atoms with van der Waals surface area (Å²) in [6.07, 6.45) is 7.63. The first-order valence-corrected chi connectivity index (χ1v) is 6.86. The van der Waals surface area contributed by atoms with Gasteiger partial charge in [-0.15, -0.1) is 0 Å². The molecular formula is C16H20N2. The third-order valence-electron chi connectivity index (χ3n) is 4.39. The molecule has 0 fully saturated rings. The molecule has 0 bridgehead atoms. The van der Waals surface area contributed by atoms with E-state index in [1.165, 1.54) is 16.8 Å². The van der Waals surface area contributed by atoms with Crippen LogP contribution in [0.15, 0.2) is 36.8 Å². The number of imidazole rings is 1. The summed E-state index contributed by atoms with van der Waals surface area (Å²) >= 11 is 0. The van der Waals surface area contributed by atoms with Crippen LogP contribution in [-0.4, -0.2) is 9.55 Å². The van der Waals surface area contributed by atoms with Crippen molar-refractivity contribution in [2.75, 3.05) is 0 Å². The molecule has 0 N–H and O–H groups in total. The second kappa shape index (κ2) is 4.27. The molecule has 18 heavy (non-hydrogen) atoms. The Hall–Kier alpha value is -1.57. The van der Waals surface area contributed by atoms with Gasteiger partial charge in [-0.2, -0.15) is 0 Å². The first kappa shape index (κ1) is 11.5. The summed E-state index contributed by atoms with van der Waals surface area (Å²) < 4.78 is 2.18. The fraction of sp³-hybridized carbons (Fsp3) is 0.438. The smallest absolute Gasteiger partial charge is 0.0949 e. The maximum absolute atomic E-state index is 4.66. The summed E-state index contributed by atoms with van der Waals surface area (Å²) in [6.45, 7) is 5.45. The molecule has 0 atom stereocenters. The van der Waals surface area contributed by atoms with Crippen molar-refractivity contribution in [1.82, 2.24) is 9.55 Å². The Morgan fingerprint density at radius 2 is 1.83 bits per heavy atom. The molecule has 1 heterocycles. The second-order valence-corrected chi connectivity index (χ2v) is 5.35. The third-order valence-corrected chi connectivity index (χ3v) is 4.39. The Morgan fingerprint density at radius 1 is 1.17 bits per heavy atom. The fourth-order valence-corrected chi connectivity index (χ4v) is 3.11. The van der Waals surface area contributed by atoms with Gasteiger partial charge in [-0.05, 0) is 37.3 Å². The molecule has 1 aromatic heterocycles. The topological polar surface area (TPSA) is 17.8 Å². The van der Waals surface area contributed by atoms with Gasteiger partial charge >= 0.3 is 0 Å². The number of hydrogen-bond acceptors (Lipinski definition) is 1. The van der Waals surface area contributed by atoms with E-state index in [1.807, 2.05) is 6.33 Å². The number of nitrogens with zero attached hydrogens (tertiary/aromatic N) is 2. The van der Waals surface area contributed by atoms with E-state index >= 15 is 0 Å². The van der Waals surface area contributed by atoms with E-state index in [4.69, 9.17) is 0 Å². The van der Waals surface area contributed by atoms with Crippen molar-refractivity contribution in [2.24, 2.45) is 0 Å². The molecule has 0 amide bonds. The van der Waals surface area contributed by atoms with Crippen molar-refractivity contribution in [1.29, 1.82) is 0 Å². The van der Waals surface area contributed by atoms with Crippen LogP contribution >= 0.6 is 0 Å². The molecule has 94 valence electrons. The Labute approximate surface area is 109 Å². The summed E-state index contributed by atoms with van der Waals surface area (Å²) in [5.41, 5.74) is 4.50. The number of fused-ring (bicyclic) bond motifs is 1. The van der Waals surface area contributed by atoms with Gasteiger partial charge < -0.3 is 4.57 Å². The average Bonchev–Trinajstić information content (AvgIpc) is 3.03. The van der Waals surface area contributed by atoms with Crippen LogP contribution in [-0.2, 0) is 24.8 Å². The number of benzene rings is 1. The normalized spacial score (nSPS) is 16.8. The van der Waals surface area contributed by atoms with E-state index in [1.54, 1.807) is 0 Å². The Kier molecular flexibility index (Phi) is 2.73. The minimum Gasteiger partial charge on any atom is -0.337 e. The van der Waals surface area contributed by atoms with Crippen LogP contribution in [0.25, 0.3) is 0 Å². The van der Waals surface area contributed by atoms with Crippen LogP contribution in [0.3, 0.4) is 0 Å². The van der Waals surface area contributed by atoms with E-state index < -0.39 is 0 Å². The molecule has 1 aromatic carbocycles. The molecule has 0 aliphatic heterocycles. The molecule has 0 radical (unpaired) electrons. The molecule has 0 spiro atoms. The monoisotopic (exact) mass is 240 g/mol. The number of aromatic nitrogens is 2. The van der Waals surface area contributed by atoms with E-state index in [9.17, 15) is 0 Å². The van der Waals surface area contributed by atoms with Gasteiger partial charge in [0.1, 0.15) is 0 Å². The molecule has 1 aliphatic carbocycles. The highest BCUT2D eigenvalue weighted by Crippen LogP contribution is 2.41. The van der Waals surface area contributed by atoms with E-state index in [2.05, 4.69) is 53.9 Å². The van der Waals surface area contributed by atoms with Crippen LogP contribution in [0.5, 0.6) is 0 Å². The number of rotatable bonds is 3. The van der Waals surface area contributed by atoms with Gasteiger partial charge in [-0.25, -0.2) is 4.98 Å². The van der Waals surface area contributed by atoms with Crippen molar-refractivity contribution in [2.45, 2.75) is 45.1 Å². The molecule has 2 heteroatoms. The fourth-order valence-electron chi connectivity index (χ4n) is 3.11. The largest absolute Gasteiger partial charge is 0.337 e. The Balaban J connectivity index is 1.99. The van der Waals surface area contributed by atoms with Gasteiger partial charge in [0.25, 0.3) is 0 Å². The zero-order valence-corrected chi connectivity index (χ0v) is 11.2. The summed E-state index contributed by atoms with van der Waals surface area (Å²) in [5, 5.41) is 0. The average molecular weight is 240 g/mol. The number of aryl methyl sites for hydroxylation is 1. The molecule has 2 nitrogen and oxygen atoms in total. The van der Waals surface area contributed by atoms with Gasteiger partial charge in [0.05, 0.1) is 12.0 Å². The minimum absolute atomic E-state index is 0.226. The Morgan fingerprint density at radius 3 is 2.33 bits per heavy atom. The lowest BCUT2D eigenvalue weighted by molar-refractivity contribution is 0.423. The molecule has 2 aromatic rings. The van der Waals surface area contributed by atoms with Gasteiger partial charge in [-0.1, -0.05) is 31.2 Å². The van der Waals surface area contributed by atoms with Gasteiger partial charge in [0.15, 0.2) is 0 Å². The Bertz CT molecular complexity index is 529. The molecule has 0 saturated heterocycles. The predicted octanol–water partition coefficient (Wildman–Crippen LogP) is 3.35. The molecule has 3 rings (SSSR count). The minimum atomic E-state index is 0.226. The van der Waals surface area contributed by atoms with E-state index in [0.717, 1.165) is 25.8 Å². The maximum Gasteiger partial charge on any atom is 0.0949 e. The molecular weight excluding hydrogens is 220 g/mol. The lowest BCUT2D eigenvalue weighted by Gasteiger charge is -2.25. The molecule has 1 aliphatic rings. The highest BCUT2D eigenvalue weighted by Gasteiger charge is 2.38. The van der Waals surface area contributed by atoms with Gasteiger partial charge in [0, 0.05) is 18.2 Å². The zero-order valence-electron chi connectivity index (χ0n) is 11.2. The third kappa shape index (κ3) is 1.67. The van der Waals surface area contributed by atoms with Gasteiger partial charge in [0.2, 0.25) is 0 Å². The predicted molar refractivity (Wildman–Crippen MR) is 73.7 cm³/mol. The number of hydrogen-bond donors (Lipinski definition) is 0. The van der Waals surface area contributed by atoms with Crippen molar-refractivity contribution in [3.05, 3.63) is 53.6 Å². The highest BCUT2D eigenvalue weighted by atomic mass is 15.0. The van der Waals surface area contributed by atoms with Crippen LogP contribution in [0.1, 0.15) is 37.1 Å². The lowest BCUT2D eigenvalue weighted by atomic mass is 9.79.